The van der Waals surface area contributed by atoms with Gasteiger partial charge in [-0.15, -0.1) is 3.63 Å². The van der Waals surface area contributed by atoms with E-state index in [-0.39, 0.29) is 0 Å². The third-order valence-electron chi connectivity index (χ3n) is 0.785. The molecule has 0 bridgehead atoms. The average molecular weight is 252 g/mol. The molecule has 1 unspecified atom stereocenters. The summed E-state index contributed by atoms with van der Waals surface area (Å²) in [5.41, 5.74) is 0. The van der Waals surface area contributed by atoms with Gasteiger partial charge in [0.1, 0.15) is 6.10 Å². The number of hydrogen-bond acceptors (Lipinski definition) is 8. The molecule has 1 atom stereocenters. The van der Waals surface area contributed by atoms with E-state index in [4.69, 9.17) is 14.8 Å². The molecule has 0 aromatic heterocycles. The van der Waals surface area contributed by atoms with Gasteiger partial charge in [0.2, 0.25) is 0 Å². The van der Waals surface area contributed by atoms with Crippen molar-refractivity contribution in [3.8, 4) is 0 Å². The van der Waals surface area contributed by atoms with Gasteiger partial charge < -0.3 is 10.2 Å². The normalized spacial score (nSPS) is 15.4. The van der Waals surface area contributed by atoms with Crippen molar-refractivity contribution in [2.45, 2.75) is 6.10 Å². The van der Waals surface area contributed by atoms with Gasteiger partial charge in [0.05, 0.1) is 13.2 Å². The fourth-order valence-electron chi connectivity index (χ4n) is 0.340. The summed E-state index contributed by atoms with van der Waals surface area (Å²) in [6.45, 7) is -1.67. The predicted octanol–water partition coefficient (Wildman–Crippen LogP) is -2.58. The lowest BCUT2D eigenvalue weighted by molar-refractivity contribution is 0.0521. The fourth-order valence-corrected chi connectivity index (χ4v) is 1.66. The maximum atomic E-state index is 10.5. The molecule has 86 valence electrons. The zero-order chi connectivity index (χ0) is 11.4. The molecule has 0 amide bonds. The van der Waals surface area contributed by atoms with Crippen molar-refractivity contribution in [2.75, 3.05) is 13.2 Å². The van der Waals surface area contributed by atoms with Gasteiger partial charge in [-0.25, -0.2) is 4.18 Å². The first-order valence-electron chi connectivity index (χ1n) is 3.03. The van der Waals surface area contributed by atoms with Gasteiger partial charge >= 0.3 is 20.8 Å². The molecule has 11 heteroatoms. The van der Waals surface area contributed by atoms with E-state index in [0.29, 0.717) is 0 Å². The van der Waals surface area contributed by atoms with Gasteiger partial charge in [0.15, 0.2) is 0 Å². The monoisotopic (exact) mass is 252 g/mol. The average Bonchev–Trinajstić information content (AvgIpc) is 1.96. The Bertz CT molecular complexity index is 352. The summed E-state index contributed by atoms with van der Waals surface area (Å²) >= 11 is 0. The molecule has 3 N–H and O–H groups in total. The van der Waals surface area contributed by atoms with Crippen LogP contribution in [-0.4, -0.2) is 50.9 Å². The Morgan fingerprint density at radius 3 is 2.07 bits per heavy atom. The fraction of sp³-hybridized carbons (Fsp3) is 1.00. The van der Waals surface area contributed by atoms with Gasteiger partial charge in [-0.1, -0.05) is 0 Å². The first kappa shape index (κ1) is 13.7. The van der Waals surface area contributed by atoms with Crippen LogP contribution in [0, 0.1) is 0 Å². The number of aliphatic hydroxyl groups excluding tert-OH is 2. The van der Waals surface area contributed by atoms with Crippen LogP contribution in [0.15, 0.2) is 0 Å². The minimum atomic E-state index is -5.19. The Kier molecular flexibility index (Phi) is 4.87. The van der Waals surface area contributed by atoms with Crippen LogP contribution in [0.3, 0.4) is 0 Å². The zero-order valence-electron chi connectivity index (χ0n) is 6.60. The Balaban J connectivity index is 4.24. The highest BCUT2D eigenvalue weighted by Crippen LogP contribution is 2.01. The van der Waals surface area contributed by atoms with Crippen molar-refractivity contribution in [3.63, 3.8) is 0 Å². The SMILES string of the molecule is O=S(=O)(O)OS(=O)(=O)OCC(O)CO. The molecule has 0 rings (SSSR count). The lowest BCUT2D eigenvalue weighted by atomic mass is 10.4. The van der Waals surface area contributed by atoms with Crippen molar-refractivity contribution >= 4 is 20.8 Å². The molecule has 0 aliphatic rings. The molecule has 0 spiro atoms. The highest BCUT2D eigenvalue weighted by Gasteiger charge is 2.22. The minimum Gasteiger partial charge on any atom is -0.394 e. The largest absolute Gasteiger partial charge is 0.416 e. The van der Waals surface area contributed by atoms with E-state index >= 15 is 0 Å². The Morgan fingerprint density at radius 2 is 1.71 bits per heavy atom. The molecule has 0 radical (unpaired) electrons. The summed E-state index contributed by atoms with van der Waals surface area (Å²) in [5, 5.41) is 16.8. The summed E-state index contributed by atoms with van der Waals surface area (Å²) < 4.78 is 55.6. The minimum absolute atomic E-state index is 0.776. The third-order valence-corrected chi connectivity index (χ3v) is 2.56. The summed E-state index contributed by atoms with van der Waals surface area (Å²) in [4.78, 5) is 0. The molecule has 0 aliphatic heterocycles. The van der Waals surface area contributed by atoms with Gasteiger partial charge in [0.25, 0.3) is 0 Å². The third kappa shape index (κ3) is 7.14. The molecule has 0 aromatic rings. The molecule has 0 aromatic carbocycles. The van der Waals surface area contributed by atoms with Gasteiger partial charge in [-0.05, 0) is 0 Å². The van der Waals surface area contributed by atoms with E-state index in [9.17, 15) is 16.8 Å². The van der Waals surface area contributed by atoms with Crippen molar-refractivity contribution in [3.05, 3.63) is 0 Å². The van der Waals surface area contributed by atoms with Crippen molar-refractivity contribution < 1.29 is 39.4 Å². The molecule has 14 heavy (non-hydrogen) atoms. The molecule has 9 nitrogen and oxygen atoms in total. The summed E-state index contributed by atoms with van der Waals surface area (Å²) in [6, 6.07) is 0. The molecule has 0 saturated carbocycles. The molecular formula is C3H8O9S2. The van der Waals surface area contributed by atoms with Crippen LogP contribution in [-0.2, 0) is 28.6 Å². The predicted molar refractivity (Wildman–Crippen MR) is 40.6 cm³/mol. The van der Waals surface area contributed by atoms with Gasteiger partial charge in [-0.3, -0.25) is 4.55 Å². The van der Waals surface area contributed by atoms with E-state index in [1.54, 1.807) is 0 Å². The lowest BCUT2D eigenvalue weighted by Gasteiger charge is -2.06. The molecule has 0 heterocycles. The topological polar surface area (TPSA) is 147 Å². The van der Waals surface area contributed by atoms with Crippen molar-refractivity contribution in [2.24, 2.45) is 0 Å². The number of hydrogen-bond donors (Lipinski definition) is 3. The second-order valence-corrected chi connectivity index (χ2v) is 4.48. The van der Waals surface area contributed by atoms with Crippen LogP contribution in [0.2, 0.25) is 0 Å². The Hall–Kier alpha value is -0.300. The maximum absolute atomic E-state index is 10.5. The van der Waals surface area contributed by atoms with Crippen LogP contribution in [0.4, 0.5) is 0 Å². The van der Waals surface area contributed by atoms with E-state index in [1.165, 1.54) is 0 Å². The second kappa shape index (κ2) is 4.97. The van der Waals surface area contributed by atoms with E-state index in [1.807, 2.05) is 0 Å². The zero-order valence-corrected chi connectivity index (χ0v) is 8.23. The summed E-state index contributed by atoms with van der Waals surface area (Å²) in [5.74, 6) is 0. The quantitative estimate of drug-likeness (QED) is 0.433. The lowest BCUT2D eigenvalue weighted by Crippen LogP contribution is -2.24. The Labute approximate surface area is 80.2 Å². The first-order valence-corrected chi connectivity index (χ1v) is 5.73. The van der Waals surface area contributed by atoms with E-state index < -0.39 is 40.1 Å². The molecule has 0 fully saturated rings. The first-order chi connectivity index (χ1) is 6.16. The van der Waals surface area contributed by atoms with Gasteiger partial charge in [-0.2, -0.15) is 16.8 Å². The highest BCUT2D eigenvalue weighted by atomic mass is 32.3. The molecule has 0 saturated heterocycles. The smallest absolute Gasteiger partial charge is 0.394 e. The van der Waals surface area contributed by atoms with Gasteiger partial charge in [0, 0.05) is 0 Å². The van der Waals surface area contributed by atoms with Crippen LogP contribution in [0.1, 0.15) is 0 Å². The number of rotatable bonds is 6. The van der Waals surface area contributed by atoms with E-state index in [0.717, 1.165) is 0 Å². The molecular weight excluding hydrogens is 244 g/mol. The number of aliphatic hydroxyl groups is 2. The van der Waals surface area contributed by atoms with E-state index in [2.05, 4.69) is 7.81 Å². The van der Waals surface area contributed by atoms with Crippen molar-refractivity contribution in [1.82, 2.24) is 0 Å². The highest BCUT2D eigenvalue weighted by molar-refractivity contribution is 7.94. The molecule has 0 aliphatic carbocycles. The van der Waals surface area contributed by atoms with Crippen LogP contribution >= 0.6 is 0 Å². The Morgan fingerprint density at radius 1 is 1.21 bits per heavy atom. The maximum Gasteiger partial charge on any atom is 0.416 e. The van der Waals surface area contributed by atoms with Crippen LogP contribution < -0.4 is 0 Å². The van der Waals surface area contributed by atoms with Crippen LogP contribution in [0.5, 0.6) is 0 Å². The second-order valence-electron chi connectivity index (χ2n) is 2.02. The van der Waals surface area contributed by atoms with Crippen LogP contribution in [0.25, 0.3) is 0 Å². The summed E-state index contributed by atoms with van der Waals surface area (Å²) in [7, 11) is -10.1. The summed E-state index contributed by atoms with van der Waals surface area (Å²) in [6.07, 6.45) is -1.50. The standard InChI is InChI=1S/C3H8O9S2/c4-1-3(5)2-11-14(9,10)12-13(6,7)8/h3-5H,1-2H2,(H,6,7,8). The van der Waals surface area contributed by atoms with Crippen molar-refractivity contribution in [1.29, 1.82) is 0 Å².